The van der Waals surface area contributed by atoms with Crippen molar-refractivity contribution >= 4 is 16.9 Å². The molecule has 1 aliphatic heterocycles. The van der Waals surface area contributed by atoms with E-state index in [-0.39, 0.29) is 5.54 Å². The number of hydrogen-bond donors (Lipinski definition) is 1. The van der Waals surface area contributed by atoms with Crippen molar-refractivity contribution in [2.24, 2.45) is 4.99 Å². The van der Waals surface area contributed by atoms with Gasteiger partial charge in [0.05, 0.1) is 12.1 Å². The third-order valence-corrected chi connectivity index (χ3v) is 4.30. The molecule has 0 radical (unpaired) electrons. The van der Waals surface area contributed by atoms with Gasteiger partial charge in [-0.25, -0.2) is 0 Å². The van der Waals surface area contributed by atoms with Crippen molar-refractivity contribution in [2.45, 2.75) is 57.2 Å². The lowest BCUT2D eigenvalue weighted by Gasteiger charge is -2.33. The van der Waals surface area contributed by atoms with E-state index in [4.69, 9.17) is 9.73 Å². The molecule has 1 heterocycles. The Balaban J connectivity index is 2.00. The van der Waals surface area contributed by atoms with Gasteiger partial charge in [0.15, 0.2) is 5.17 Å². The van der Waals surface area contributed by atoms with E-state index in [1.54, 1.807) is 7.11 Å². The predicted octanol–water partition coefficient (Wildman–Crippen LogP) is 2.42. The number of rotatable bonds is 2. The van der Waals surface area contributed by atoms with Crippen molar-refractivity contribution in [3.8, 4) is 0 Å². The second kappa shape index (κ2) is 4.96. The summed E-state index contributed by atoms with van der Waals surface area (Å²) in [5.41, 5.74) is 0.200. The van der Waals surface area contributed by atoms with E-state index in [1.165, 1.54) is 25.0 Å². The van der Waals surface area contributed by atoms with E-state index >= 15 is 0 Å². The van der Waals surface area contributed by atoms with Gasteiger partial charge in [-0.1, -0.05) is 11.8 Å². The summed E-state index contributed by atoms with van der Waals surface area (Å²) in [6, 6.07) is 0.369. The Morgan fingerprint density at radius 3 is 2.94 bits per heavy atom. The average molecular weight is 242 g/mol. The van der Waals surface area contributed by atoms with Gasteiger partial charge >= 0.3 is 0 Å². The minimum Gasteiger partial charge on any atom is -0.379 e. The molecule has 0 amide bonds. The third-order valence-electron chi connectivity index (χ3n) is 3.41. The third kappa shape index (κ3) is 2.92. The highest BCUT2D eigenvalue weighted by Crippen LogP contribution is 2.27. The van der Waals surface area contributed by atoms with Crippen molar-refractivity contribution < 1.29 is 4.74 Å². The molecule has 2 atom stereocenters. The number of ether oxygens (including phenoxy) is 1. The SMILES string of the molecule is COC1CCCC1N=C1NC(C)(C)CCS1. The molecular formula is C12H22N2OS. The summed E-state index contributed by atoms with van der Waals surface area (Å²) < 4.78 is 5.47. The number of amidine groups is 1. The molecule has 0 bridgehead atoms. The molecule has 0 aromatic carbocycles. The van der Waals surface area contributed by atoms with Crippen molar-refractivity contribution in [1.29, 1.82) is 0 Å². The second-order valence-electron chi connectivity index (χ2n) is 5.31. The molecule has 0 aromatic rings. The first-order chi connectivity index (χ1) is 7.61. The number of thioether (sulfide) groups is 1. The summed E-state index contributed by atoms with van der Waals surface area (Å²) >= 11 is 1.85. The van der Waals surface area contributed by atoms with Crippen LogP contribution in [-0.2, 0) is 4.74 Å². The van der Waals surface area contributed by atoms with Crippen LogP contribution >= 0.6 is 11.8 Å². The van der Waals surface area contributed by atoms with Crippen LogP contribution in [0, 0.1) is 0 Å². The van der Waals surface area contributed by atoms with Crippen LogP contribution in [0.2, 0.25) is 0 Å². The Kier molecular flexibility index (Phi) is 3.80. The van der Waals surface area contributed by atoms with Crippen molar-refractivity contribution in [3.63, 3.8) is 0 Å². The second-order valence-corrected chi connectivity index (χ2v) is 6.40. The molecule has 1 aliphatic carbocycles. The lowest BCUT2D eigenvalue weighted by Crippen LogP contribution is -2.46. The maximum atomic E-state index is 5.47. The first-order valence-electron chi connectivity index (χ1n) is 6.12. The Morgan fingerprint density at radius 1 is 1.44 bits per heavy atom. The molecule has 2 aliphatic rings. The number of nitrogens with zero attached hydrogens (tertiary/aromatic N) is 1. The first-order valence-corrected chi connectivity index (χ1v) is 7.11. The maximum absolute atomic E-state index is 5.47. The van der Waals surface area contributed by atoms with Gasteiger partial charge in [0.25, 0.3) is 0 Å². The smallest absolute Gasteiger partial charge is 0.157 e. The van der Waals surface area contributed by atoms with E-state index in [0.717, 1.165) is 11.6 Å². The molecule has 1 N–H and O–H groups in total. The highest BCUT2D eigenvalue weighted by molar-refractivity contribution is 8.13. The molecule has 2 fully saturated rings. The lowest BCUT2D eigenvalue weighted by atomic mass is 10.0. The topological polar surface area (TPSA) is 33.6 Å². The molecule has 1 saturated carbocycles. The van der Waals surface area contributed by atoms with E-state index in [0.29, 0.717) is 12.1 Å². The minimum atomic E-state index is 0.200. The fourth-order valence-corrected chi connectivity index (χ4v) is 3.70. The Morgan fingerprint density at radius 2 is 2.25 bits per heavy atom. The van der Waals surface area contributed by atoms with Crippen molar-refractivity contribution in [2.75, 3.05) is 12.9 Å². The van der Waals surface area contributed by atoms with Crippen LogP contribution in [0.25, 0.3) is 0 Å². The van der Waals surface area contributed by atoms with Gasteiger partial charge in [0.2, 0.25) is 0 Å². The quantitative estimate of drug-likeness (QED) is 0.807. The van der Waals surface area contributed by atoms with Gasteiger partial charge in [-0.3, -0.25) is 4.99 Å². The van der Waals surface area contributed by atoms with Crippen LogP contribution in [0.5, 0.6) is 0 Å². The zero-order valence-corrected chi connectivity index (χ0v) is 11.3. The summed E-state index contributed by atoms with van der Waals surface area (Å²) in [7, 11) is 1.80. The summed E-state index contributed by atoms with van der Waals surface area (Å²) in [5, 5.41) is 4.64. The van der Waals surface area contributed by atoms with E-state index < -0.39 is 0 Å². The van der Waals surface area contributed by atoms with E-state index in [1.807, 2.05) is 11.8 Å². The fraction of sp³-hybridized carbons (Fsp3) is 0.917. The van der Waals surface area contributed by atoms with Gasteiger partial charge in [0, 0.05) is 18.4 Å². The van der Waals surface area contributed by atoms with Gasteiger partial charge in [0.1, 0.15) is 0 Å². The molecule has 92 valence electrons. The van der Waals surface area contributed by atoms with Gasteiger partial charge in [-0.2, -0.15) is 0 Å². The summed E-state index contributed by atoms with van der Waals surface area (Å²) in [5.74, 6) is 1.17. The van der Waals surface area contributed by atoms with E-state index in [9.17, 15) is 0 Å². The first kappa shape index (κ1) is 12.2. The number of aliphatic imine (C=N–C) groups is 1. The van der Waals surface area contributed by atoms with Crippen LogP contribution in [0.3, 0.4) is 0 Å². The summed E-state index contributed by atoms with van der Waals surface area (Å²) in [6.07, 6.45) is 5.11. The fourth-order valence-electron chi connectivity index (χ4n) is 2.34. The zero-order valence-electron chi connectivity index (χ0n) is 10.5. The Hall–Kier alpha value is -0.220. The predicted molar refractivity (Wildman–Crippen MR) is 70.2 cm³/mol. The maximum Gasteiger partial charge on any atom is 0.157 e. The monoisotopic (exact) mass is 242 g/mol. The van der Waals surface area contributed by atoms with Gasteiger partial charge in [-0.05, 0) is 39.5 Å². The molecule has 0 spiro atoms. The molecule has 4 heteroatoms. The number of methoxy groups -OCH3 is 1. The van der Waals surface area contributed by atoms with Crippen LogP contribution < -0.4 is 5.32 Å². The molecule has 3 nitrogen and oxygen atoms in total. The van der Waals surface area contributed by atoms with Gasteiger partial charge in [-0.15, -0.1) is 0 Å². The van der Waals surface area contributed by atoms with E-state index in [2.05, 4.69) is 19.2 Å². The summed E-state index contributed by atoms with van der Waals surface area (Å²) in [6.45, 7) is 4.48. The van der Waals surface area contributed by atoms with Crippen molar-refractivity contribution in [3.05, 3.63) is 0 Å². The molecule has 0 aromatic heterocycles. The Labute approximate surface area is 102 Å². The zero-order chi connectivity index (χ0) is 11.6. The van der Waals surface area contributed by atoms with Crippen molar-refractivity contribution in [1.82, 2.24) is 5.32 Å². The highest BCUT2D eigenvalue weighted by Gasteiger charge is 2.29. The van der Waals surface area contributed by atoms with Crippen LogP contribution in [0.15, 0.2) is 4.99 Å². The normalized spacial score (nSPS) is 36.3. The van der Waals surface area contributed by atoms with Gasteiger partial charge < -0.3 is 10.1 Å². The van der Waals surface area contributed by atoms with Crippen LogP contribution in [-0.4, -0.2) is 35.7 Å². The largest absolute Gasteiger partial charge is 0.379 e. The molecular weight excluding hydrogens is 220 g/mol. The van der Waals surface area contributed by atoms with Crippen LogP contribution in [0.4, 0.5) is 0 Å². The molecule has 16 heavy (non-hydrogen) atoms. The average Bonchev–Trinajstić information content (AvgIpc) is 2.63. The Bertz CT molecular complexity index is 278. The lowest BCUT2D eigenvalue weighted by molar-refractivity contribution is 0.0965. The standard InChI is InChI=1S/C12H22N2OS/c1-12(2)7-8-16-11(14-12)13-9-5-4-6-10(9)15-3/h9-10H,4-8H2,1-3H3,(H,13,14). The highest BCUT2D eigenvalue weighted by atomic mass is 32.2. The van der Waals surface area contributed by atoms with Crippen LogP contribution in [0.1, 0.15) is 39.5 Å². The number of hydrogen-bond acceptors (Lipinski definition) is 3. The molecule has 1 saturated heterocycles. The minimum absolute atomic E-state index is 0.200. The molecule has 2 rings (SSSR count). The number of nitrogens with one attached hydrogen (secondary N) is 1. The molecule has 2 unspecified atom stereocenters. The summed E-state index contributed by atoms with van der Waals surface area (Å²) in [4.78, 5) is 4.83.